The third-order valence-corrected chi connectivity index (χ3v) is 4.33. The number of hydrogen-bond acceptors (Lipinski definition) is 2. The van der Waals surface area contributed by atoms with Gasteiger partial charge in [0.15, 0.2) is 0 Å². The van der Waals surface area contributed by atoms with Crippen LogP contribution in [0.5, 0.6) is 0 Å². The molecule has 2 rings (SSSR count). The fourth-order valence-corrected chi connectivity index (χ4v) is 3.04. The monoisotopic (exact) mass is 223 g/mol. The van der Waals surface area contributed by atoms with E-state index in [1.807, 2.05) is 7.05 Å². The van der Waals surface area contributed by atoms with Crippen LogP contribution in [-0.2, 0) is 0 Å². The first-order valence-corrected chi connectivity index (χ1v) is 6.10. The number of aliphatic imine (C=N–C) groups is 1. The maximum absolute atomic E-state index is 11.6. The first-order valence-electron chi connectivity index (χ1n) is 6.10. The fraction of sp³-hybridized carbons (Fsp3) is 0.833. The largest absolute Gasteiger partial charge is 0.385 e. The predicted molar refractivity (Wildman–Crippen MR) is 64.3 cm³/mol. The number of urea groups is 1. The standard InChI is InChI=1S/C12H21N3O/c1-8(2)9-5-4-6-12(7-9)10(13)14-11(16)15(12)3/h8-9H,4-7H2,1-3H3,(H2,13,14,16). The summed E-state index contributed by atoms with van der Waals surface area (Å²) < 4.78 is 0. The van der Waals surface area contributed by atoms with Gasteiger partial charge >= 0.3 is 6.03 Å². The molecule has 1 aliphatic heterocycles. The molecule has 1 fully saturated rings. The summed E-state index contributed by atoms with van der Waals surface area (Å²) in [7, 11) is 1.83. The average Bonchev–Trinajstić information content (AvgIpc) is 2.44. The summed E-state index contributed by atoms with van der Waals surface area (Å²) in [4.78, 5) is 17.3. The van der Waals surface area contributed by atoms with Gasteiger partial charge in [-0.05, 0) is 24.7 Å². The molecule has 2 atom stereocenters. The van der Waals surface area contributed by atoms with Gasteiger partial charge in [-0.3, -0.25) is 0 Å². The van der Waals surface area contributed by atoms with Crippen LogP contribution in [-0.4, -0.2) is 29.4 Å². The predicted octanol–water partition coefficient (Wildman–Crippen LogP) is 1.99. The molecule has 16 heavy (non-hydrogen) atoms. The highest BCUT2D eigenvalue weighted by molar-refractivity contribution is 6.05. The topological polar surface area (TPSA) is 58.7 Å². The van der Waals surface area contributed by atoms with Crippen molar-refractivity contribution in [2.45, 2.75) is 45.1 Å². The number of amidine groups is 1. The van der Waals surface area contributed by atoms with Gasteiger partial charge in [-0.2, -0.15) is 4.99 Å². The van der Waals surface area contributed by atoms with Crippen LogP contribution in [0.3, 0.4) is 0 Å². The maximum Gasteiger partial charge on any atom is 0.345 e. The van der Waals surface area contributed by atoms with Gasteiger partial charge in [0.25, 0.3) is 0 Å². The molecule has 1 heterocycles. The van der Waals surface area contributed by atoms with Crippen molar-refractivity contribution < 1.29 is 4.79 Å². The average molecular weight is 223 g/mol. The van der Waals surface area contributed by atoms with Gasteiger partial charge in [0.2, 0.25) is 0 Å². The summed E-state index contributed by atoms with van der Waals surface area (Å²) in [5.74, 6) is 1.83. The van der Waals surface area contributed by atoms with E-state index in [1.54, 1.807) is 4.90 Å². The van der Waals surface area contributed by atoms with Gasteiger partial charge in [0.1, 0.15) is 11.4 Å². The fourth-order valence-electron chi connectivity index (χ4n) is 3.04. The molecule has 2 N–H and O–H groups in total. The molecule has 0 aromatic carbocycles. The Kier molecular flexibility index (Phi) is 2.68. The van der Waals surface area contributed by atoms with Crippen LogP contribution in [0.2, 0.25) is 0 Å². The molecule has 0 aromatic rings. The minimum atomic E-state index is -0.274. The van der Waals surface area contributed by atoms with Gasteiger partial charge < -0.3 is 10.6 Å². The van der Waals surface area contributed by atoms with E-state index in [0.717, 1.165) is 19.3 Å². The minimum absolute atomic E-state index is 0.179. The van der Waals surface area contributed by atoms with Crippen molar-refractivity contribution >= 4 is 11.9 Å². The molecule has 2 unspecified atom stereocenters. The molecule has 0 saturated heterocycles. The summed E-state index contributed by atoms with van der Waals surface area (Å²) >= 11 is 0. The third kappa shape index (κ3) is 1.51. The highest BCUT2D eigenvalue weighted by atomic mass is 16.2. The molecule has 0 bridgehead atoms. The van der Waals surface area contributed by atoms with E-state index < -0.39 is 0 Å². The molecular formula is C12H21N3O. The number of nitrogens with zero attached hydrogens (tertiary/aromatic N) is 2. The quantitative estimate of drug-likeness (QED) is 0.739. The Morgan fingerprint density at radius 2 is 2.25 bits per heavy atom. The molecule has 4 nitrogen and oxygen atoms in total. The molecule has 1 spiro atoms. The Bertz CT molecular complexity index is 337. The normalized spacial score (nSPS) is 35.0. The van der Waals surface area contributed by atoms with Gasteiger partial charge in [0.05, 0.1) is 0 Å². The molecule has 1 aliphatic carbocycles. The van der Waals surface area contributed by atoms with Crippen LogP contribution in [0, 0.1) is 11.8 Å². The van der Waals surface area contributed by atoms with Crippen LogP contribution in [0.4, 0.5) is 4.79 Å². The lowest BCUT2D eigenvalue weighted by molar-refractivity contribution is 0.122. The smallest absolute Gasteiger partial charge is 0.345 e. The van der Waals surface area contributed by atoms with Crippen LogP contribution in [0.15, 0.2) is 4.99 Å². The highest BCUT2D eigenvalue weighted by Gasteiger charge is 2.49. The first-order chi connectivity index (χ1) is 7.47. The van der Waals surface area contributed by atoms with E-state index in [0.29, 0.717) is 17.7 Å². The number of amides is 2. The molecule has 2 aliphatic rings. The van der Waals surface area contributed by atoms with E-state index in [4.69, 9.17) is 5.73 Å². The number of rotatable bonds is 1. The summed E-state index contributed by atoms with van der Waals surface area (Å²) in [6, 6.07) is -0.179. The number of carbonyl (C=O) groups excluding carboxylic acids is 1. The molecule has 0 aromatic heterocycles. The number of hydrogen-bond donors (Lipinski definition) is 1. The van der Waals surface area contributed by atoms with Gasteiger partial charge in [-0.25, -0.2) is 4.79 Å². The maximum atomic E-state index is 11.6. The summed E-state index contributed by atoms with van der Waals surface area (Å²) in [5.41, 5.74) is 5.70. The number of carbonyl (C=O) groups is 1. The van der Waals surface area contributed by atoms with Crippen LogP contribution < -0.4 is 5.73 Å². The first kappa shape index (κ1) is 11.4. The zero-order chi connectivity index (χ0) is 11.9. The minimum Gasteiger partial charge on any atom is -0.385 e. The van der Waals surface area contributed by atoms with E-state index in [-0.39, 0.29) is 11.6 Å². The molecular weight excluding hydrogens is 202 g/mol. The van der Waals surface area contributed by atoms with Crippen molar-refractivity contribution in [1.82, 2.24) is 4.90 Å². The van der Waals surface area contributed by atoms with E-state index in [9.17, 15) is 4.79 Å². The van der Waals surface area contributed by atoms with E-state index in [2.05, 4.69) is 18.8 Å². The second-order valence-electron chi connectivity index (χ2n) is 5.47. The van der Waals surface area contributed by atoms with Crippen molar-refractivity contribution in [1.29, 1.82) is 0 Å². The van der Waals surface area contributed by atoms with Crippen molar-refractivity contribution in [3.8, 4) is 0 Å². The second kappa shape index (κ2) is 3.75. The van der Waals surface area contributed by atoms with Gasteiger partial charge in [-0.15, -0.1) is 0 Å². The SMILES string of the molecule is CC(C)C1CCCC2(C1)C(N)=NC(=O)N2C. The zero-order valence-electron chi connectivity index (χ0n) is 10.4. The Morgan fingerprint density at radius 1 is 1.56 bits per heavy atom. The van der Waals surface area contributed by atoms with E-state index in [1.165, 1.54) is 6.42 Å². The lowest BCUT2D eigenvalue weighted by Gasteiger charge is -2.43. The molecule has 1 saturated carbocycles. The van der Waals surface area contributed by atoms with E-state index >= 15 is 0 Å². The summed E-state index contributed by atoms with van der Waals surface area (Å²) in [5, 5.41) is 0. The Hall–Kier alpha value is -1.06. The van der Waals surface area contributed by atoms with Crippen molar-refractivity contribution in [2.24, 2.45) is 22.6 Å². The van der Waals surface area contributed by atoms with Crippen molar-refractivity contribution in [3.63, 3.8) is 0 Å². The third-order valence-electron chi connectivity index (χ3n) is 4.33. The van der Waals surface area contributed by atoms with Gasteiger partial charge in [0, 0.05) is 7.05 Å². The summed E-state index contributed by atoms with van der Waals surface area (Å²) in [6.07, 6.45) is 4.32. The number of likely N-dealkylation sites (N-methyl/N-ethyl adjacent to an activating group) is 1. The lowest BCUT2D eigenvalue weighted by Crippen LogP contribution is -2.55. The van der Waals surface area contributed by atoms with Crippen molar-refractivity contribution in [3.05, 3.63) is 0 Å². The highest BCUT2D eigenvalue weighted by Crippen LogP contribution is 2.41. The molecule has 0 radical (unpaired) electrons. The Labute approximate surface area is 96.9 Å². The Morgan fingerprint density at radius 3 is 2.75 bits per heavy atom. The lowest BCUT2D eigenvalue weighted by atomic mass is 9.71. The van der Waals surface area contributed by atoms with Gasteiger partial charge in [-0.1, -0.05) is 26.7 Å². The number of nitrogens with two attached hydrogens (primary N) is 1. The molecule has 4 heteroatoms. The summed E-state index contributed by atoms with van der Waals surface area (Å²) in [6.45, 7) is 4.49. The van der Waals surface area contributed by atoms with Crippen molar-refractivity contribution in [2.75, 3.05) is 7.05 Å². The molecule has 2 amide bonds. The van der Waals surface area contributed by atoms with Crippen LogP contribution >= 0.6 is 0 Å². The Balaban J connectivity index is 2.25. The second-order valence-corrected chi connectivity index (χ2v) is 5.47. The zero-order valence-corrected chi connectivity index (χ0v) is 10.4. The van der Waals surface area contributed by atoms with Crippen LogP contribution in [0.25, 0.3) is 0 Å². The van der Waals surface area contributed by atoms with Crippen LogP contribution in [0.1, 0.15) is 39.5 Å². The molecule has 90 valence electrons.